The standard InChI is InChI=1S/C38H31BN4O2/c1-38(2,3)26-20-22-40-36(23-26)42-33-16-8-7-15-31(33)32-19-18-30(25-34(32)42)44-29-14-9-13-28(24-29)43-37-35(17-10-21-41-37)45-39(43)27-11-5-4-6-12-27/h4-25H,1-3H3. The molecule has 0 aliphatic carbocycles. The van der Waals surface area contributed by atoms with Crippen LogP contribution in [0.15, 0.2) is 134 Å². The van der Waals surface area contributed by atoms with E-state index in [9.17, 15) is 0 Å². The van der Waals surface area contributed by atoms with E-state index in [0.29, 0.717) is 0 Å². The molecule has 1 aliphatic heterocycles. The molecule has 0 unspecified atom stereocenters. The molecule has 0 atom stereocenters. The van der Waals surface area contributed by atoms with Gasteiger partial charge in [0, 0.05) is 41.0 Å². The number of aromatic nitrogens is 3. The number of ether oxygens (including phenoxy) is 1. The summed E-state index contributed by atoms with van der Waals surface area (Å²) >= 11 is 0. The first kappa shape index (κ1) is 27.0. The van der Waals surface area contributed by atoms with Gasteiger partial charge in [-0.1, -0.05) is 75.4 Å². The lowest BCUT2D eigenvalue weighted by molar-refractivity contribution is 0.483. The van der Waals surface area contributed by atoms with Gasteiger partial charge in [-0.3, -0.25) is 4.57 Å². The van der Waals surface area contributed by atoms with Gasteiger partial charge < -0.3 is 14.2 Å². The van der Waals surface area contributed by atoms with Crippen LogP contribution in [0.1, 0.15) is 26.3 Å². The Morgan fingerprint density at radius 3 is 2.33 bits per heavy atom. The van der Waals surface area contributed by atoms with Crippen LogP contribution in [0.3, 0.4) is 0 Å². The molecule has 7 heteroatoms. The summed E-state index contributed by atoms with van der Waals surface area (Å²) in [5.74, 6) is 3.88. The van der Waals surface area contributed by atoms with Crippen LogP contribution in [0.25, 0.3) is 27.6 Å². The van der Waals surface area contributed by atoms with Gasteiger partial charge in [0.1, 0.15) is 23.1 Å². The molecular weight excluding hydrogens is 555 g/mol. The molecule has 3 aromatic heterocycles. The Hall–Kier alpha value is -5.56. The molecule has 4 heterocycles. The molecule has 0 amide bonds. The molecule has 0 spiro atoms. The summed E-state index contributed by atoms with van der Waals surface area (Å²) in [6.45, 7) is 6.68. The second-order valence-corrected chi connectivity index (χ2v) is 12.4. The summed E-state index contributed by atoms with van der Waals surface area (Å²) in [5.41, 5.74) is 5.36. The average Bonchev–Trinajstić information content (AvgIpc) is 3.61. The molecule has 8 rings (SSSR count). The third-order valence-corrected chi connectivity index (χ3v) is 8.35. The number of anilines is 2. The molecule has 218 valence electrons. The summed E-state index contributed by atoms with van der Waals surface area (Å²) in [4.78, 5) is 11.6. The number of hydrogen-bond donors (Lipinski definition) is 0. The number of pyridine rings is 2. The SMILES string of the molecule is CC(C)(C)c1ccnc(-n2c3ccccc3c3ccc(Oc4cccc(N5B(c6ccccc6)Oc6cccnc65)c4)cc32)c1. The van der Waals surface area contributed by atoms with Gasteiger partial charge in [0.25, 0.3) is 0 Å². The van der Waals surface area contributed by atoms with Crippen LogP contribution in [0.5, 0.6) is 17.2 Å². The van der Waals surface area contributed by atoms with E-state index in [1.807, 2.05) is 60.8 Å². The summed E-state index contributed by atoms with van der Waals surface area (Å²) in [5, 5.41) is 2.33. The molecular formula is C38H31BN4O2. The number of benzene rings is 4. The fourth-order valence-electron chi connectivity index (χ4n) is 6.13. The van der Waals surface area contributed by atoms with Crippen molar-refractivity contribution in [1.29, 1.82) is 0 Å². The highest BCUT2D eigenvalue weighted by molar-refractivity contribution is 6.74. The Labute approximate surface area is 262 Å². The molecule has 4 aromatic carbocycles. The Morgan fingerprint density at radius 2 is 1.47 bits per heavy atom. The molecule has 0 bridgehead atoms. The minimum atomic E-state index is -0.338. The number of rotatable bonds is 5. The van der Waals surface area contributed by atoms with Gasteiger partial charge in [-0.05, 0) is 71.0 Å². The number of para-hydroxylation sites is 1. The van der Waals surface area contributed by atoms with Crippen molar-refractivity contribution in [2.75, 3.05) is 4.81 Å². The molecule has 0 saturated heterocycles. The van der Waals surface area contributed by atoms with E-state index < -0.39 is 0 Å². The maximum absolute atomic E-state index is 6.56. The smallest absolute Gasteiger partial charge is 0.525 e. The largest absolute Gasteiger partial charge is 0.535 e. The van der Waals surface area contributed by atoms with Crippen LogP contribution in [-0.4, -0.2) is 21.6 Å². The van der Waals surface area contributed by atoms with Gasteiger partial charge >= 0.3 is 7.05 Å². The zero-order valence-electron chi connectivity index (χ0n) is 25.4. The van der Waals surface area contributed by atoms with Crippen molar-refractivity contribution in [3.63, 3.8) is 0 Å². The van der Waals surface area contributed by atoms with Crippen LogP contribution in [0.2, 0.25) is 0 Å². The number of fused-ring (bicyclic) bond motifs is 4. The minimum Gasteiger partial charge on any atom is -0.535 e. The van der Waals surface area contributed by atoms with Crippen molar-refractivity contribution in [3.05, 3.63) is 139 Å². The van der Waals surface area contributed by atoms with Gasteiger partial charge in [-0.25, -0.2) is 9.97 Å². The Morgan fingerprint density at radius 1 is 0.667 bits per heavy atom. The van der Waals surface area contributed by atoms with E-state index in [1.165, 1.54) is 10.9 Å². The fourth-order valence-corrected chi connectivity index (χ4v) is 6.13. The second-order valence-electron chi connectivity index (χ2n) is 12.4. The van der Waals surface area contributed by atoms with E-state index in [2.05, 4.69) is 102 Å². The Kier molecular flexibility index (Phi) is 6.34. The van der Waals surface area contributed by atoms with E-state index in [1.54, 1.807) is 6.20 Å². The maximum Gasteiger partial charge on any atom is 0.525 e. The highest BCUT2D eigenvalue weighted by Gasteiger charge is 2.40. The molecule has 0 fully saturated rings. The first-order valence-electron chi connectivity index (χ1n) is 15.2. The lowest BCUT2D eigenvalue weighted by Crippen LogP contribution is -2.47. The van der Waals surface area contributed by atoms with Crippen molar-refractivity contribution in [2.45, 2.75) is 26.2 Å². The monoisotopic (exact) mass is 586 g/mol. The first-order valence-corrected chi connectivity index (χ1v) is 15.2. The molecule has 6 nitrogen and oxygen atoms in total. The van der Waals surface area contributed by atoms with Gasteiger partial charge in [0.05, 0.1) is 11.0 Å². The van der Waals surface area contributed by atoms with Crippen LogP contribution >= 0.6 is 0 Å². The maximum atomic E-state index is 6.56. The first-order chi connectivity index (χ1) is 21.9. The zero-order chi connectivity index (χ0) is 30.5. The van der Waals surface area contributed by atoms with E-state index in [0.717, 1.165) is 56.5 Å². The van der Waals surface area contributed by atoms with E-state index in [4.69, 9.17) is 14.4 Å². The third-order valence-electron chi connectivity index (χ3n) is 8.35. The van der Waals surface area contributed by atoms with Crippen LogP contribution in [0, 0.1) is 0 Å². The fraction of sp³-hybridized carbons (Fsp3) is 0.105. The normalized spacial score (nSPS) is 12.9. The highest BCUT2D eigenvalue weighted by atomic mass is 16.5. The average molecular weight is 587 g/mol. The topological polar surface area (TPSA) is 52.4 Å². The predicted molar refractivity (Wildman–Crippen MR) is 183 cm³/mol. The minimum absolute atomic E-state index is 0.00563. The molecule has 1 aliphatic rings. The zero-order valence-corrected chi connectivity index (χ0v) is 25.4. The van der Waals surface area contributed by atoms with Crippen molar-refractivity contribution in [1.82, 2.24) is 14.5 Å². The van der Waals surface area contributed by atoms with Gasteiger partial charge in [0.15, 0.2) is 5.82 Å². The Balaban J connectivity index is 1.20. The molecule has 0 N–H and O–H groups in total. The Bertz CT molecular complexity index is 2190. The summed E-state index contributed by atoms with van der Waals surface area (Å²) < 4.78 is 15.2. The number of hydrogen-bond acceptors (Lipinski definition) is 5. The summed E-state index contributed by atoms with van der Waals surface area (Å²) in [6.07, 6.45) is 3.70. The van der Waals surface area contributed by atoms with Crippen molar-refractivity contribution in [3.8, 4) is 23.1 Å². The summed E-state index contributed by atoms with van der Waals surface area (Å²) in [7, 11) is -0.338. The van der Waals surface area contributed by atoms with Crippen LogP contribution in [-0.2, 0) is 5.41 Å². The molecule has 7 aromatic rings. The summed E-state index contributed by atoms with van der Waals surface area (Å²) in [6, 6.07) is 41.2. The van der Waals surface area contributed by atoms with E-state index in [-0.39, 0.29) is 12.5 Å². The number of nitrogens with zero attached hydrogens (tertiary/aromatic N) is 4. The molecule has 45 heavy (non-hydrogen) atoms. The van der Waals surface area contributed by atoms with Gasteiger partial charge in [0.2, 0.25) is 0 Å². The highest BCUT2D eigenvalue weighted by Crippen LogP contribution is 2.41. The van der Waals surface area contributed by atoms with Crippen molar-refractivity contribution < 1.29 is 9.39 Å². The quantitative estimate of drug-likeness (QED) is 0.189. The lowest BCUT2D eigenvalue weighted by Gasteiger charge is -2.22. The molecule has 0 saturated carbocycles. The second kappa shape index (κ2) is 10.6. The van der Waals surface area contributed by atoms with Crippen LogP contribution in [0.4, 0.5) is 11.5 Å². The van der Waals surface area contributed by atoms with Crippen molar-refractivity contribution >= 4 is 45.8 Å². The predicted octanol–water partition coefficient (Wildman–Crippen LogP) is 8.59. The van der Waals surface area contributed by atoms with Crippen LogP contribution < -0.4 is 19.7 Å². The molecule has 0 radical (unpaired) electrons. The van der Waals surface area contributed by atoms with Crippen molar-refractivity contribution in [2.24, 2.45) is 0 Å². The van der Waals surface area contributed by atoms with Gasteiger partial charge in [-0.15, -0.1) is 0 Å². The van der Waals surface area contributed by atoms with Gasteiger partial charge in [-0.2, -0.15) is 0 Å². The lowest BCUT2D eigenvalue weighted by atomic mass is 9.71. The third kappa shape index (κ3) is 4.77. The van der Waals surface area contributed by atoms with E-state index >= 15 is 0 Å².